The number of aliphatic carboxylic acids is 1. The van der Waals surface area contributed by atoms with Crippen LogP contribution in [-0.2, 0) is 17.6 Å². The van der Waals surface area contributed by atoms with E-state index in [9.17, 15) is 9.90 Å². The number of aromatic nitrogens is 1. The lowest BCUT2D eigenvalue weighted by Crippen LogP contribution is -2.35. The molecule has 0 bridgehead atoms. The normalized spacial score (nSPS) is 11.5. The largest absolute Gasteiger partial charge is 0.493 e. The predicted octanol–water partition coefficient (Wildman–Crippen LogP) is 4.71. The molecule has 4 rings (SSSR count). The Morgan fingerprint density at radius 1 is 1.05 bits per heavy atom. The average Bonchev–Trinajstić information content (AvgIpc) is 3.29. The molecule has 0 saturated carbocycles. The number of hydrogen-bond donors (Lipinski definition) is 3. The highest BCUT2D eigenvalue weighted by atomic mass is 16.5. The molecule has 3 aromatic carbocycles. The molecule has 1 aromatic heterocycles. The fourth-order valence-corrected chi connectivity index (χ4v) is 3.98. The van der Waals surface area contributed by atoms with Crippen molar-refractivity contribution in [3.05, 3.63) is 113 Å². The number of nitrogens with two attached hydrogens (primary N) is 1. The summed E-state index contributed by atoms with van der Waals surface area (Å²) in [5.74, 6) is 7.31. The number of nitrogens with one attached hydrogen (secondary N) is 1. The fourth-order valence-electron chi connectivity index (χ4n) is 3.98. The molecule has 1 heterocycles. The number of ether oxygens (including phenoxy) is 1. The molecule has 0 unspecified atom stereocenters. The molecule has 8 nitrogen and oxygen atoms in total. The SMILES string of the molecule is CN/C(C(=O)O)=C(/Cc1cccc(OCCc2nc(-c3ccccc3)oc2C)c1)N(N)c1ccccc1. The number of benzene rings is 3. The Morgan fingerprint density at radius 2 is 1.76 bits per heavy atom. The summed E-state index contributed by atoms with van der Waals surface area (Å²) in [6.45, 7) is 2.31. The van der Waals surface area contributed by atoms with E-state index in [1.165, 1.54) is 5.01 Å². The van der Waals surface area contributed by atoms with Gasteiger partial charge in [0.2, 0.25) is 5.89 Å². The Hall–Kier alpha value is -4.56. The summed E-state index contributed by atoms with van der Waals surface area (Å²) in [6, 6.07) is 26.5. The molecule has 0 saturated heterocycles. The van der Waals surface area contributed by atoms with Gasteiger partial charge in [0.05, 0.1) is 23.7 Å². The van der Waals surface area contributed by atoms with Crippen LogP contribution in [0.3, 0.4) is 0 Å². The van der Waals surface area contributed by atoms with Gasteiger partial charge >= 0.3 is 5.97 Å². The van der Waals surface area contributed by atoms with Gasteiger partial charge in [-0.05, 0) is 48.9 Å². The first-order valence-electron chi connectivity index (χ1n) is 11.9. The van der Waals surface area contributed by atoms with E-state index >= 15 is 0 Å². The van der Waals surface area contributed by atoms with Crippen molar-refractivity contribution in [3.63, 3.8) is 0 Å². The number of aryl methyl sites for hydroxylation is 1. The highest BCUT2D eigenvalue weighted by Crippen LogP contribution is 2.24. The van der Waals surface area contributed by atoms with Crippen LogP contribution in [0.5, 0.6) is 5.75 Å². The lowest BCUT2D eigenvalue weighted by molar-refractivity contribution is -0.133. The van der Waals surface area contributed by atoms with Gasteiger partial charge in [-0.3, -0.25) is 5.01 Å². The third-order valence-corrected chi connectivity index (χ3v) is 5.87. The van der Waals surface area contributed by atoms with E-state index in [1.54, 1.807) is 7.05 Å². The molecule has 8 heteroatoms. The zero-order valence-corrected chi connectivity index (χ0v) is 20.8. The van der Waals surface area contributed by atoms with Gasteiger partial charge in [0.1, 0.15) is 17.2 Å². The smallest absolute Gasteiger partial charge is 0.353 e. The Kier molecular flexibility index (Phi) is 8.22. The van der Waals surface area contributed by atoms with Crippen LogP contribution in [0.2, 0.25) is 0 Å². The zero-order valence-electron chi connectivity index (χ0n) is 20.8. The van der Waals surface area contributed by atoms with Crippen molar-refractivity contribution in [2.45, 2.75) is 19.8 Å². The van der Waals surface area contributed by atoms with Crippen molar-refractivity contribution in [3.8, 4) is 17.2 Å². The lowest BCUT2D eigenvalue weighted by Gasteiger charge is -2.24. The number of para-hydroxylation sites is 1. The maximum Gasteiger partial charge on any atom is 0.353 e. The zero-order chi connectivity index (χ0) is 26.2. The van der Waals surface area contributed by atoms with Crippen LogP contribution < -0.4 is 20.9 Å². The van der Waals surface area contributed by atoms with Crippen LogP contribution in [0.4, 0.5) is 5.69 Å². The minimum Gasteiger partial charge on any atom is -0.493 e. The predicted molar refractivity (Wildman–Crippen MR) is 143 cm³/mol. The second kappa shape index (κ2) is 11.9. The minimum atomic E-state index is -1.09. The van der Waals surface area contributed by atoms with Crippen LogP contribution in [-0.4, -0.2) is 29.7 Å². The molecule has 0 aliphatic rings. The molecule has 0 fully saturated rings. The van der Waals surface area contributed by atoms with Gasteiger partial charge < -0.3 is 19.6 Å². The first kappa shape index (κ1) is 25.5. The van der Waals surface area contributed by atoms with Crippen LogP contribution in [0.25, 0.3) is 11.5 Å². The third-order valence-electron chi connectivity index (χ3n) is 5.87. The van der Waals surface area contributed by atoms with Crippen molar-refractivity contribution in [1.82, 2.24) is 10.3 Å². The van der Waals surface area contributed by atoms with E-state index in [1.807, 2.05) is 91.9 Å². The monoisotopic (exact) mass is 498 g/mol. The topological polar surface area (TPSA) is 114 Å². The summed E-state index contributed by atoms with van der Waals surface area (Å²) in [5, 5.41) is 13.9. The number of anilines is 1. The second-order valence-corrected chi connectivity index (χ2v) is 8.39. The molecule has 0 radical (unpaired) electrons. The van der Waals surface area contributed by atoms with Gasteiger partial charge in [-0.2, -0.15) is 0 Å². The Labute approximate surface area is 216 Å². The summed E-state index contributed by atoms with van der Waals surface area (Å²) in [6.07, 6.45) is 0.874. The molecule has 190 valence electrons. The summed E-state index contributed by atoms with van der Waals surface area (Å²) >= 11 is 0. The van der Waals surface area contributed by atoms with Crippen molar-refractivity contribution in [2.75, 3.05) is 18.7 Å². The first-order valence-corrected chi connectivity index (χ1v) is 11.9. The summed E-state index contributed by atoms with van der Waals surface area (Å²) in [4.78, 5) is 16.5. The van der Waals surface area contributed by atoms with Crippen molar-refractivity contribution < 1.29 is 19.1 Å². The molecule has 0 atom stereocenters. The van der Waals surface area contributed by atoms with Crippen molar-refractivity contribution >= 4 is 11.7 Å². The number of carbonyl (C=O) groups is 1. The second-order valence-electron chi connectivity index (χ2n) is 8.39. The van der Waals surface area contributed by atoms with Gasteiger partial charge in [-0.1, -0.05) is 48.5 Å². The quantitative estimate of drug-likeness (QED) is 0.155. The fraction of sp³-hybridized carbons (Fsp3) is 0.172. The Morgan fingerprint density at radius 3 is 2.43 bits per heavy atom. The molecule has 37 heavy (non-hydrogen) atoms. The average molecular weight is 499 g/mol. The number of rotatable bonds is 11. The minimum absolute atomic E-state index is 0.0217. The number of carboxylic acid groups (broad SMARTS) is 1. The van der Waals surface area contributed by atoms with Gasteiger partial charge in [-0.25, -0.2) is 15.6 Å². The molecular formula is C29H30N4O4. The number of likely N-dealkylation sites (N-methyl/N-ethyl adjacent to an activating group) is 1. The summed E-state index contributed by atoms with van der Waals surface area (Å²) in [5.41, 5.74) is 3.76. The molecule has 4 N–H and O–H groups in total. The van der Waals surface area contributed by atoms with Crippen molar-refractivity contribution in [1.29, 1.82) is 0 Å². The number of hydrazine groups is 1. The maximum atomic E-state index is 11.9. The molecule has 4 aromatic rings. The van der Waals surface area contributed by atoms with E-state index < -0.39 is 5.97 Å². The Bertz CT molecular complexity index is 1370. The molecule has 0 aliphatic carbocycles. The number of carboxylic acids is 1. The van der Waals surface area contributed by atoms with Crippen LogP contribution in [0.1, 0.15) is 17.0 Å². The lowest BCUT2D eigenvalue weighted by atomic mass is 10.1. The van der Waals surface area contributed by atoms with E-state index in [0.29, 0.717) is 36.1 Å². The van der Waals surface area contributed by atoms with Gasteiger partial charge in [0, 0.05) is 25.5 Å². The highest BCUT2D eigenvalue weighted by Gasteiger charge is 2.19. The molecule has 0 spiro atoms. The number of allylic oxidation sites excluding steroid dienone is 1. The van der Waals surface area contributed by atoms with E-state index in [-0.39, 0.29) is 12.1 Å². The number of hydrogen-bond acceptors (Lipinski definition) is 7. The Balaban J connectivity index is 1.46. The summed E-state index contributed by atoms with van der Waals surface area (Å²) < 4.78 is 11.8. The van der Waals surface area contributed by atoms with E-state index in [0.717, 1.165) is 22.6 Å². The van der Waals surface area contributed by atoms with Crippen LogP contribution in [0.15, 0.2) is 101 Å². The van der Waals surface area contributed by atoms with Crippen molar-refractivity contribution in [2.24, 2.45) is 5.84 Å². The number of nitrogens with zero attached hydrogens (tertiary/aromatic N) is 2. The summed E-state index contributed by atoms with van der Waals surface area (Å²) in [7, 11) is 1.57. The molecule has 0 amide bonds. The highest BCUT2D eigenvalue weighted by molar-refractivity contribution is 5.87. The molecule has 0 aliphatic heterocycles. The van der Waals surface area contributed by atoms with Crippen LogP contribution in [0, 0.1) is 6.92 Å². The molecular weight excluding hydrogens is 468 g/mol. The third kappa shape index (κ3) is 6.36. The maximum absolute atomic E-state index is 11.9. The van der Waals surface area contributed by atoms with Crippen LogP contribution >= 0.6 is 0 Å². The van der Waals surface area contributed by atoms with E-state index in [4.69, 9.17) is 15.0 Å². The van der Waals surface area contributed by atoms with Gasteiger partial charge in [0.25, 0.3) is 0 Å². The standard InChI is InChI=1S/C29H30N4O4/c1-20-25(32-28(37-20)22-11-5-3-6-12-22)16-17-36-24-15-9-10-21(18-24)19-26(27(31-2)29(34)35)33(30)23-13-7-4-8-14-23/h3-15,18,31H,16-17,19,30H2,1-2H3,(H,34,35)/b27-26-. The number of oxazole rings is 1. The van der Waals surface area contributed by atoms with E-state index in [2.05, 4.69) is 10.3 Å². The van der Waals surface area contributed by atoms with Gasteiger partial charge in [0.15, 0.2) is 0 Å². The first-order chi connectivity index (χ1) is 18.0. The van der Waals surface area contributed by atoms with Gasteiger partial charge in [-0.15, -0.1) is 0 Å².